The number of hydrogen-bond acceptors (Lipinski definition) is 7. The first-order valence-electron chi connectivity index (χ1n) is 5.21. The van der Waals surface area contributed by atoms with Gasteiger partial charge >= 0.3 is 0 Å². The van der Waals surface area contributed by atoms with Crippen molar-refractivity contribution in [1.29, 1.82) is 0 Å². The standard InChI is InChI=1S/C10H7N5O4/c16-15(17)8-2-10-9(18-6-19-10)1-7(8)3-13-14-4-11-12-5-14/h1-5H,6H2. The van der Waals surface area contributed by atoms with Crippen molar-refractivity contribution in [3.8, 4) is 11.5 Å². The largest absolute Gasteiger partial charge is 0.454 e. The summed E-state index contributed by atoms with van der Waals surface area (Å²) in [6.45, 7) is 0.0541. The van der Waals surface area contributed by atoms with Gasteiger partial charge in [0.1, 0.15) is 12.7 Å². The van der Waals surface area contributed by atoms with Crippen LogP contribution in [-0.2, 0) is 0 Å². The molecule has 0 unspecified atom stereocenters. The predicted octanol–water partition coefficient (Wildman–Crippen LogP) is 0.797. The summed E-state index contributed by atoms with van der Waals surface area (Å²) in [7, 11) is 0. The summed E-state index contributed by atoms with van der Waals surface area (Å²) in [4.78, 5) is 10.5. The van der Waals surface area contributed by atoms with Crippen LogP contribution in [0.5, 0.6) is 11.5 Å². The molecule has 9 heteroatoms. The van der Waals surface area contributed by atoms with Crippen LogP contribution in [0.3, 0.4) is 0 Å². The lowest BCUT2D eigenvalue weighted by Gasteiger charge is -2.00. The Morgan fingerprint density at radius 1 is 1.32 bits per heavy atom. The van der Waals surface area contributed by atoms with Crippen molar-refractivity contribution in [3.05, 3.63) is 40.5 Å². The Bertz CT molecular complexity index is 652. The highest BCUT2D eigenvalue weighted by Crippen LogP contribution is 2.37. The maximum absolute atomic E-state index is 11.0. The molecule has 9 nitrogen and oxygen atoms in total. The zero-order valence-electron chi connectivity index (χ0n) is 9.46. The number of aromatic nitrogens is 3. The Morgan fingerprint density at radius 3 is 2.68 bits per heavy atom. The Labute approximate surface area is 106 Å². The molecule has 1 aromatic carbocycles. The van der Waals surface area contributed by atoms with E-state index in [1.54, 1.807) is 0 Å². The number of nitro benzene ring substituents is 1. The van der Waals surface area contributed by atoms with Crippen LogP contribution in [-0.4, -0.2) is 32.8 Å². The third-order valence-electron chi connectivity index (χ3n) is 2.46. The minimum Gasteiger partial charge on any atom is -0.454 e. The van der Waals surface area contributed by atoms with Gasteiger partial charge in [-0.1, -0.05) is 0 Å². The Morgan fingerprint density at radius 2 is 2.00 bits per heavy atom. The molecule has 2 aromatic rings. The molecule has 0 N–H and O–H groups in total. The van der Waals surface area contributed by atoms with Crippen molar-refractivity contribution < 1.29 is 14.4 Å². The molecule has 1 aliphatic rings. The average molecular weight is 261 g/mol. The molecule has 2 heterocycles. The lowest BCUT2D eigenvalue weighted by atomic mass is 10.1. The number of rotatable bonds is 3. The van der Waals surface area contributed by atoms with Gasteiger partial charge in [-0.2, -0.15) is 5.10 Å². The van der Waals surface area contributed by atoms with E-state index in [9.17, 15) is 10.1 Å². The van der Waals surface area contributed by atoms with Gasteiger partial charge in [-0.3, -0.25) is 10.1 Å². The first kappa shape index (κ1) is 11.1. The van der Waals surface area contributed by atoms with Crippen LogP contribution in [0, 0.1) is 10.1 Å². The van der Waals surface area contributed by atoms with E-state index >= 15 is 0 Å². The van der Waals surface area contributed by atoms with Gasteiger partial charge in [0.25, 0.3) is 5.69 Å². The van der Waals surface area contributed by atoms with E-state index in [1.807, 2.05) is 0 Å². The third kappa shape index (κ3) is 2.08. The summed E-state index contributed by atoms with van der Waals surface area (Å²) in [5.74, 6) is 0.809. The molecule has 0 saturated carbocycles. The van der Waals surface area contributed by atoms with Gasteiger partial charge in [-0.15, -0.1) is 10.2 Å². The molecule has 1 aromatic heterocycles. The number of nitro groups is 1. The summed E-state index contributed by atoms with van der Waals surface area (Å²) >= 11 is 0. The maximum Gasteiger partial charge on any atom is 0.282 e. The first-order valence-corrected chi connectivity index (χ1v) is 5.21. The molecule has 0 atom stereocenters. The van der Waals surface area contributed by atoms with Crippen molar-refractivity contribution in [2.24, 2.45) is 5.10 Å². The van der Waals surface area contributed by atoms with Crippen molar-refractivity contribution in [2.75, 3.05) is 6.79 Å². The Kier molecular flexibility index (Phi) is 2.56. The smallest absolute Gasteiger partial charge is 0.282 e. The molecule has 0 fully saturated rings. The molecule has 3 rings (SSSR count). The van der Waals surface area contributed by atoms with Gasteiger partial charge in [0.15, 0.2) is 11.5 Å². The molecular formula is C10H7N5O4. The predicted molar refractivity (Wildman–Crippen MR) is 62.2 cm³/mol. The average Bonchev–Trinajstić information content (AvgIpc) is 3.05. The van der Waals surface area contributed by atoms with Gasteiger partial charge in [-0.25, -0.2) is 4.68 Å². The second-order valence-electron chi connectivity index (χ2n) is 3.61. The van der Waals surface area contributed by atoms with Gasteiger partial charge < -0.3 is 9.47 Å². The van der Waals surface area contributed by atoms with Crippen molar-refractivity contribution in [2.45, 2.75) is 0 Å². The molecule has 0 radical (unpaired) electrons. The van der Waals surface area contributed by atoms with E-state index in [2.05, 4.69) is 15.3 Å². The van der Waals surface area contributed by atoms with E-state index in [0.717, 1.165) is 0 Å². The number of ether oxygens (including phenoxy) is 2. The zero-order chi connectivity index (χ0) is 13.2. The Balaban J connectivity index is 2.02. The second kappa shape index (κ2) is 4.37. The number of fused-ring (bicyclic) bond motifs is 1. The van der Waals surface area contributed by atoms with Crippen LogP contribution < -0.4 is 9.47 Å². The number of nitrogens with zero attached hydrogens (tertiary/aromatic N) is 5. The molecule has 0 bridgehead atoms. The van der Waals surface area contributed by atoms with E-state index in [0.29, 0.717) is 17.1 Å². The SMILES string of the molecule is O=[N+]([O-])c1cc2c(cc1C=Nn1cnnc1)OCO2. The molecule has 0 saturated heterocycles. The summed E-state index contributed by atoms with van der Waals surface area (Å²) in [6, 6.07) is 2.82. The van der Waals surface area contributed by atoms with Crippen molar-refractivity contribution in [3.63, 3.8) is 0 Å². The maximum atomic E-state index is 11.0. The van der Waals surface area contributed by atoms with E-state index in [1.165, 1.54) is 35.7 Å². The molecule has 1 aliphatic heterocycles. The zero-order valence-corrected chi connectivity index (χ0v) is 9.46. The minimum absolute atomic E-state index is 0.0541. The highest BCUT2D eigenvalue weighted by atomic mass is 16.7. The normalized spacial score (nSPS) is 13.1. The van der Waals surface area contributed by atoms with Gasteiger partial charge in [0.2, 0.25) is 6.79 Å². The van der Waals surface area contributed by atoms with Crippen LogP contribution in [0.15, 0.2) is 29.9 Å². The van der Waals surface area contributed by atoms with Gasteiger partial charge in [0.05, 0.1) is 22.8 Å². The fraction of sp³-hybridized carbons (Fsp3) is 0.100. The molecule has 0 spiro atoms. The lowest BCUT2D eigenvalue weighted by molar-refractivity contribution is -0.385. The first-order chi connectivity index (χ1) is 9.24. The minimum atomic E-state index is -0.504. The summed E-state index contributed by atoms with van der Waals surface area (Å²) < 4.78 is 11.6. The van der Waals surface area contributed by atoms with Crippen molar-refractivity contribution >= 4 is 11.9 Å². The van der Waals surface area contributed by atoms with Crippen LogP contribution >= 0.6 is 0 Å². The van der Waals surface area contributed by atoms with Gasteiger partial charge in [0, 0.05) is 0 Å². The molecule has 0 aliphatic carbocycles. The van der Waals surface area contributed by atoms with Crippen LogP contribution in [0.2, 0.25) is 0 Å². The van der Waals surface area contributed by atoms with Crippen molar-refractivity contribution in [1.82, 2.24) is 14.9 Å². The highest BCUT2D eigenvalue weighted by Gasteiger charge is 2.22. The van der Waals surface area contributed by atoms with Crippen LogP contribution in [0.25, 0.3) is 0 Å². The Hall–Kier alpha value is -2.97. The topological polar surface area (TPSA) is 105 Å². The molecule has 19 heavy (non-hydrogen) atoms. The van der Waals surface area contributed by atoms with Gasteiger partial charge in [-0.05, 0) is 6.07 Å². The summed E-state index contributed by atoms with van der Waals surface area (Å²) in [5.41, 5.74) is 0.198. The fourth-order valence-electron chi connectivity index (χ4n) is 1.59. The number of hydrogen-bond donors (Lipinski definition) is 0. The highest BCUT2D eigenvalue weighted by molar-refractivity contribution is 5.87. The third-order valence-corrected chi connectivity index (χ3v) is 2.46. The monoisotopic (exact) mass is 261 g/mol. The second-order valence-corrected chi connectivity index (χ2v) is 3.61. The fourth-order valence-corrected chi connectivity index (χ4v) is 1.59. The summed E-state index contributed by atoms with van der Waals surface area (Å²) in [6.07, 6.45) is 4.08. The van der Waals surface area contributed by atoms with Crippen LogP contribution in [0.1, 0.15) is 5.56 Å². The molecular weight excluding hydrogens is 254 g/mol. The van der Waals surface area contributed by atoms with E-state index in [4.69, 9.17) is 9.47 Å². The molecule has 96 valence electrons. The van der Waals surface area contributed by atoms with Crippen LogP contribution in [0.4, 0.5) is 5.69 Å². The van der Waals surface area contributed by atoms with E-state index in [-0.39, 0.29) is 12.5 Å². The number of benzene rings is 1. The lowest BCUT2D eigenvalue weighted by Crippen LogP contribution is -1.96. The van der Waals surface area contributed by atoms with E-state index < -0.39 is 4.92 Å². The summed E-state index contributed by atoms with van der Waals surface area (Å²) in [5, 5.41) is 22.1. The quantitative estimate of drug-likeness (QED) is 0.459. The molecule has 0 amide bonds.